The average Bonchev–Trinajstić information content (AvgIpc) is 3.28. The maximum atomic E-state index is 12.8. The Hall–Kier alpha value is -2.67. The SMILES string of the molecule is Cc1nc2ccccc2n1Cc1cc(C(=O)N(C)C[C@@H]2CCCCN2C)no1. The number of hydrogen-bond acceptors (Lipinski definition) is 5. The smallest absolute Gasteiger partial charge is 0.275 e. The number of likely N-dealkylation sites (tertiary alicyclic amines) is 1. The number of hydrogen-bond donors (Lipinski definition) is 0. The van der Waals surface area contributed by atoms with E-state index in [9.17, 15) is 4.79 Å². The number of piperidine rings is 1. The van der Waals surface area contributed by atoms with Gasteiger partial charge in [-0.15, -0.1) is 0 Å². The van der Waals surface area contributed by atoms with Crippen molar-refractivity contribution in [1.82, 2.24) is 24.5 Å². The van der Waals surface area contributed by atoms with Crippen LogP contribution in [0.1, 0.15) is 41.3 Å². The lowest BCUT2D eigenvalue weighted by Crippen LogP contribution is -2.45. The molecule has 0 aliphatic carbocycles. The molecule has 4 rings (SSSR count). The normalized spacial score (nSPS) is 17.9. The molecule has 28 heavy (non-hydrogen) atoms. The number of rotatable bonds is 5. The van der Waals surface area contributed by atoms with Crippen molar-refractivity contribution in [3.05, 3.63) is 47.6 Å². The van der Waals surface area contributed by atoms with Gasteiger partial charge in [0.2, 0.25) is 0 Å². The number of benzene rings is 1. The van der Waals surface area contributed by atoms with Gasteiger partial charge >= 0.3 is 0 Å². The molecule has 1 saturated heterocycles. The Morgan fingerprint density at radius 2 is 2.14 bits per heavy atom. The van der Waals surface area contributed by atoms with E-state index in [1.54, 1.807) is 11.0 Å². The molecular formula is C21H27N5O2. The molecule has 1 amide bonds. The number of imidazole rings is 1. The predicted octanol–water partition coefficient (Wildman–Crippen LogP) is 2.94. The predicted molar refractivity (Wildman–Crippen MR) is 107 cm³/mol. The molecule has 0 bridgehead atoms. The first kappa shape index (κ1) is 18.7. The van der Waals surface area contributed by atoms with Gasteiger partial charge in [-0.1, -0.05) is 23.7 Å². The molecule has 0 spiro atoms. The van der Waals surface area contributed by atoms with E-state index in [2.05, 4.69) is 26.7 Å². The summed E-state index contributed by atoms with van der Waals surface area (Å²) in [5.74, 6) is 1.46. The van der Waals surface area contributed by atoms with E-state index in [-0.39, 0.29) is 5.91 Å². The molecule has 0 N–H and O–H groups in total. The zero-order chi connectivity index (χ0) is 19.7. The molecule has 7 heteroatoms. The number of nitrogens with zero attached hydrogens (tertiary/aromatic N) is 5. The van der Waals surface area contributed by atoms with E-state index in [0.717, 1.165) is 29.8 Å². The van der Waals surface area contributed by atoms with Crippen LogP contribution in [0.4, 0.5) is 0 Å². The van der Waals surface area contributed by atoms with Crippen molar-refractivity contribution < 1.29 is 9.32 Å². The Balaban J connectivity index is 1.46. The second-order valence-electron chi connectivity index (χ2n) is 7.73. The quantitative estimate of drug-likeness (QED) is 0.680. The fourth-order valence-electron chi connectivity index (χ4n) is 4.01. The summed E-state index contributed by atoms with van der Waals surface area (Å²) < 4.78 is 7.54. The van der Waals surface area contributed by atoms with Gasteiger partial charge in [-0.05, 0) is 45.5 Å². The molecule has 1 atom stereocenters. The van der Waals surface area contributed by atoms with E-state index in [4.69, 9.17) is 4.52 Å². The first-order chi connectivity index (χ1) is 13.5. The third-order valence-electron chi connectivity index (χ3n) is 5.69. The summed E-state index contributed by atoms with van der Waals surface area (Å²) in [6.07, 6.45) is 3.59. The minimum atomic E-state index is -0.0961. The molecule has 2 aromatic heterocycles. The number of carbonyl (C=O) groups excluding carboxylic acids is 1. The summed E-state index contributed by atoms with van der Waals surface area (Å²) >= 11 is 0. The van der Waals surface area contributed by atoms with Crippen LogP contribution in [0.15, 0.2) is 34.9 Å². The first-order valence-electron chi connectivity index (χ1n) is 9.86. The molecule has 148 valence electrons. The lowest BCUT2D eigenvalue weighted by molar-refractivity contribution is 0.0707. The van der Waals surface area contributed by atoms with Crippen LogP contribution in [0.5, 0.6) is 0 Å². The van der Waals surface area contributed by atoms with Gasteiger partial charge in [0.1, 0.15) is 5.82 Å². The number of aryl methyl sites for hydroxylation is 1. The molecule has 3 heterocycles. The van der Waals surface area contributed by atoms with Crippen molar-refractivity contribution in [2.45, 2.75) is 38.8 Å². The van der Waals surface area contributed by atoms with E-state index >= 15 is 0 Å². The Morgan fingerprint density at radius 3 is 2.96 bits per heavy atom. The van der Waals surface area contributed by atoms with Crippen molar-refractivity contribution in [3.63, 3.8) is 0 Å². The Labute approximate surface area is 164 Å². The summed E-state index contributed by atoms with van der Waals surface area (Å²) in [5.41, 5.74) is 2.35. The number of likely N-dealkylation sites (N-methyl/N-ethyl adjacent to an activating group) is 2. The fraction of sp³-hybridized carbons (Fsp3) is 0.476. The summed E-state index contributed by atoms with van der Waals surface area (Å²) in [6, 6.07) is 10.2. The number of aromatic nitrogens is 3. The molecule has 1 aliphatic rings. The number of para-hydroxylation sites is 2. The zero-order valence-electron chi connectivity index (χ0n) is 16.8. The number of carbonyl (C=O) groups is 1. The van der Waals surface area contributed by atoms with Crippen molar-refractivity contribution in [1.29, 1.82) is 0 Å². The largest absolute Gasteiger partial charge is 0.359 e. The van der Waals surface area contributed by atoms with Crippen LogP contribution in [0, 0.1) is 6.92 Å². The van der Waals surface area contributed by atoms with Crippen molar-refractivity contribution in [2.24, 2.45) is 0 Å². The highest BCUT2D eigenvalue weighted by Crippen LogP contribution is 2.19. The molecule has 0 radical (unpaired) electrons. The van der Waals surface area contributed by atoms with Crippen LogP contribution >= 0.6 is 0 Å². The third kappa shape index (κ3) is 3.67. The first-order valence-corrected chi connectivity index (χ1v) is 9.86. The van der Waals surface area contributed by atoms with E-state index < -0.39 is 0 Å². The maximum absolute atomic E-state index is 12.8. The van der Waals surface area contributed by atoms with Crippen LogP contribution in [0.2, 0.25) is 0 Å². The van der Waals surface area contributed by atoms with E-state index in [1.807, 2.05) is 38.2 Å². The van der Waals surface area contributed by atoms with Gasteiger partial charge in [0, 0.05) is 25.7 Å². The Morgan fingerprint density at radius 1 is 1.32 bits per heavy atom. The van der Waals surface area contributed by atoms with Gasteiger partial charge in [-0.25, -0.2) is 4.98 Å². The third-order valence-corrected chi connectivity index (χ3v) is 5.69. The van der Waals surface area contributed by atoms with Gasteiger partial charge in [0.15, 0.2) is 11.5 Å². The molecule has 1 aromatic carbocycles. The number of fused-ring (bicyclic) bond motifs is 1. The highest BCUT2D eigenvalue weighted by molar-refractivity contribution is 5.92. The molecule has 1 aliphatic heterocycles. The van der Waals surface area contributed by atoms with Crippen LogP contribution in [0.25, 0.3) is 11.0 Å². The van der Waals surface area contributed by atoms with Crippen LogP contribution in [-0.4, -0.2) is 63.6 Å². The van der Waals surface area contributed by atoms with Crippen LogP contribution < -0.4 is 0 Å². The monoisotopic (exact) mass is 381 g/mol. The highest BCUT2D eigenvalue weighted by Gasteiger charge is 2.24. The molecule has 0 unspecified atom stereocenters. The van der Waals surface area contributed by atoms with Gasteiger partial charge in [0.05, 0.1) is 17.6 Å². The summed E-state index contributed by atoms with van der Waals surface area (Å²) in [6.45, 7) is 4.28. The van der Waals surface area contributed by atoms with Crippen LogP contribution in [-0.2, 0) is 6.54 Å². The summed E-state index contributed by atoms with van der Waals surface area (Å²) in [4.78, 5) is 21.5. The Kier molecular flexibility index (Phi) is 5.17. The molecule has 3 aromatic rings. The van der Waals surface area contributed by atoms with Crippen LogP contribution in [0.3, 0.4) is 0 Å². The molecule has 1 fully saturated rings. The van der Waals surface area contributed by atoms with Crippen molar-refractivity contribution in [2.75, 3.05) is 27.2 Å². The van der Waals surface area contributed by atoms with Gasteiger partial charge in [-0.2, -0.15) is 0 Å². The summed E-state index contributed by atoms with van der Waals surface area (Å²) in [5, 5.41) is 4.03. The van der Waals surface area contributed by atoms with Gasteiger partial charge < -0.3 is 18.9 Å². The lowest BCUT2D eigenvalue weighted by atomic mass is 10.0. The van der Waals surface area contributed by atoms with Crippen molar-refractivity contribution >= 4 is 16.9 Å². The standard InChI is InChI=1S/C21H27N5O2/c1-15-22-18-9-4-5-10-20(18)26(15)14-17-12-19(23-28-17)21(27)25(3)13-16-8-6-7-11-24(16)2/h4-5,9-10,12,16H,6-8,11,13-14H2,1-3H3/t16-/m0/s1. The fourth-order valence-corrected chi connectivity index (χ4v) is 4.01. The maximum Gasteiger partial charge on any atom is 0.275 e. The minimum Gasteiger partial charge on any atom is -0.359 e. The van der Waals surface area contributed by atoms with Crippen molar-refractivity contribution in [3.8, 4) is 0 Å². The molecule has 0 saturated carbocycles. The number of amides is 1. The summed E-state index contributed by atoms with van der Waals surface area (Å²) in [7, 11) is 3.97. The molecule has 7 nitrogen and oxygen atoms in total. The average molecular weight is 381 g/mol. The second-order valence-corrected chi connectivity index (χ2v) is 7.73. The highest BCUT2D eigenvalue weighted by atomic mass is 16.5. The van der Waals surface area contributed by atoms with E-state index in [1.165, 1.54) is 12.8 Å². The lowest BCUT2D eigenvalue weighted by Gasteiger charge is -2.34. The van der Waals surface area contributed by atoms with Gasteiger partial charge in [-0.3, -0.25) is 4.79 Å². The zero-order valence-corrected chi connectivity index (χ0v) is 16.8. The second kappa shape index (κ2) is 7.75. The minimum absolute atomic E-state index is 0.0961. The van der Waals surface area contributed by atoms with Gasteiger partial charge in [0.25, 0.3) is 5.91 Å². The molecular weight excluding hydrogens is 354 g/mol. The topological polar surface area (TPSA) is 67.4 Å². The Bertz CT molecular complexity index is 976. The van der Waals surface area contributed by atoms with E-state index in [0.29, 0.717) is 30.6 Å².